The maximum atomic E-state index is 13.7. The number of allylic oxidation sites excluding steroid dienone is 1. The van der Waals surface area contributed by atoms with Crippen molar-refractivity contribution in [3.8, 4) is 0 Å². The lowest BCUT2D eigenvalue weighted by Crippen LogP contribution is -2.36. The summed E-state index contributed by atoms with van der Waals surface area (Å²) >= 11 is 0. The van der Waals surface area contributed by atoms with Crippen LogP contribution in [0.1, 0.15) is 20.3 Å². The topological polar surface area (TPSA) is 32.3 Å². The van der Waals surface area contributed by atoms with Crippen LogP contribution in [0.4, 0.5) is 14.5 Å². The third-order valence-corrected chi connectivity index (χ3v) is 3.21. The summed E-state index contributed by atoms with van der Waals surface area (Å²) in [6.07, 6.45) is 2.20. The molecule has 1 heterocycles. The molecule has 20 heavy (non-hydrogen) atoms. The van der Waals surface area contributed by atoms with Crippen molar-refractivity contribution in [3.63, 3.8) is 0 Å². The van der Waals surface area contributed by atoms with Gasteiger partial charge >= 0.3 is 0 Å². The van der Waals surface area contributed by atoms with Crippen molar-refractivity contribution in [1.29, 1.82) is 0 Å². The second-order valence-corrected chi connectivity index (χ2v) is 5.23. The van der Waals surface area contributed by atoms with Gasteiger partial charge in [0, 0.05) is 25.2 Å². The van der Waals surface area contributed by atoms with Crippen LogP contribution in [0.2, 0.25) is 0 Å². The average Bonchev–Trinajstić information content (AvgIpc) is 2.75. The van der Waals surface area contributed by atoms with Crippen LogP contribution in [0.25, 0.3) is 0 Å². The maximum Gasteiger partial charge on any atom is 0.244 e. The van der Waals surface area contributed by atoms with Gasteiger partial charge in [-0.3, -0.25) is 4.79 Å². The Morgan fingerprint density at radius 2 is 2.00 bits per heavy atom. The molecule has 3 nitrogen and oxygen atoms in total. The summed E-state index contributed by atoms with van der Waals surface area (Å²) in [6.45, 7) is 4.63. The van der Waals surface area contributed by atoms with Crippen molar-refractivity contribution in [2.24, 2.45) is 0 Å². The molecule has 0 aliphatic carbocycles. The van der Waals surface area contributed by atoms with E-state index in [0.29, 0.717) is 19.5 Å². The fraction of sp³-hybridized carbons (Fsp3) is 0.400. The zero-order valence-electron chi connectivity index (χ0n) is 11.6. The first-order valence-electron chi connectivity index (χ1n) is 6.61. The smallest absolute Gasteiger partial charge is 0.244 e. The number of hydrogen-bond donors (Lipinski definition) is 1. The lowest BCUT2D eigenvalue weighted by atomic mass is 10.2. The number of nitrogens with one attached hydrogen (secondary N) is 1. The number of benzene rings is 1. The Hall–Kier alpha value is -1.91. The van der Waals surface area contributed by atoms with Crippen LogP contribution in [-0.4, -0.2) is 25.0 Å². The van der Waals surface area contributed by atoms with Crippen molar-refractivity contribution in [2.75, 3.05) is 18.0 Å². The summed E-state index contributed by atoms with van der Waals surface area (Å²) in [6, 6.07) is 3.75. The maximum absolute atomic E-state index is 13.7. The highest BCUT2D eigenvalue weighted by Gasteiger charge is 2.27. The minimum Gasteiger partial charge on any atom is -0.365 e. The molecule has 0 bridgehead atoms. The Bertz CT molecular complexity index is 518. The predicted molar refractivity (Wildman–Crippen MR) is 74.5 cm³/mol. The molecular weight excluding hydrogens is 262 g/mol. The van der Waals surface area contributed by atoms with Gasteiger partial charge in [-0.1, -0.05) is 11.6 Å². The Balaban J connectivity index is 2.02. The number of halogens is 2. The summed E-state index contributed by atoms with van der Waals surface area (Å²) < 4.78 is 27.4. The van der Waals surface area contributed by atoms with Gasteiger partial charge in [-0.15, -0.1) is 0 Å². The van der Waals surface area contributed by atoms with E-state index in [1.165, 1.54) is 24.3 Å². The Morgan fingerprint density at radius 1 is 1.35 bits per heavy atom. The van der Waals surface area contributed by atoms with E-state index in [0.717, 1.165) is 5.57 Å². The molecule has 5 heteroatoms. The standard InChI is InChI=1S/C15H18F2N2O/c1-10(2)8-14(20)18-11-6-7-19(9-11)15-12(16)4-3-5-13(15)17/h3-5,8,11H,6-7,9H2,1-2H3,(H,18,20)/t11-/m0/s1. The summed E-state index contributed by atoms with van der Waals surface area (Å²) in [4.78, 5) is 13.3. The van der Waals surface area contributed by atoms with Gasteiger partial charge in [0.1, 0.15) is 17.3 Å². The quantitative estimate of drug-likeness (QED) is 0.863. The second-order valence-electron chi connectivity index (χ2n) is 5.23. The Morgan fingerprint density at radius 3 is 2.60 bits per heavy atom. The van der Waals surface area contributed by atoms with E-state index in [9.17, 15) is 13.6 Å². The third kappa shape index (κ3) is 3.35. The zero-order chi connectivity index (χ0) is 14.7. The van der Waals surface area contributed by atoms with E-state index in [1.54, 1.807) is 4.90 Å². The molecule has 0 unspecified atom stereocenters. The fourth-order valence-corrected chi connectivity index (χ4v) is 2.38. The Labute approximate surface area is 117 Å². The molecule has 0 saturated carbocycles. The van der Waals surface area contributed by atoms with Crippen LogP contribution in [0.3, 0.4) is 0 Å². The third-order valence-electron chi connectivity index (χ3n) is 3.21. The molecular formula is C15H18F2N2O. The van der Waals surface area contributed by atoms with Gasteiger partial charge in [0.05, 0.1) is 0 Å². The molecule has 1 fully saturated rings. The van der Waals surface area contributed by atoms with E-state index in [-0.39, 0.29) is 17.6 Å². The number of nitrogens with zero attached hydrogens (tertiary/aromatic N) is 1. The molecule has 1 aliphatic rings. The van der Waals surface area contributed by atoms with Gasteiger partial charge in [-0.2, -0.15) is 0 Å². The molecule has 1 amide bonds. The SMILES string of the molecule is CC(C)=CC(=O)N[C@H]1CCN(c2c(F)cccc2F)C1. The van der Waals surface area contributed by atoms with Crippen molar-refractivity contribution < 1.29 is 13.6 Å². The van der Waals surface area contributed by atoms with Gasteiger partial charge in [0.2, 0.25) is 5.91 Å². The number of amides is 1. The van der Waals surface area contributed by atoms with Gasteiger partial charge < -0.3 is 10.2 Å². The molecule has 2 rings (SSSR count). The lowest BCUT2D eigenvalue weighted by Gasteiger charge is -2.20. The first-order valence-corrected chi connectivity index (χ1v) is 6.61. The van der Waals surface area contributed by atoms with Gasteiger partial charge in [-0.25, -0.2) is 8.78 Å². The molecule has 0 radical (unpaired) electrons. The zero-order valence-corrected chi connectivity index (χ0v) is 11.6. The van der Waals surface area contributed by atoms with Crippen LogP contribution in [0.5, 0.6) is 0 Å². The lowest BCUT2D eigenvalue weighted by molar-refractivity contribution is -0.117. The highest BCUT2D eigenvalue weighted by Crippen LogP contribution is 2.26. The summed E-state index contributed by atoms with van der Waals surface area (Å²) in [7, 11) is 0. The molecule has 1 aliphatic heterocycles. The van der Waals surface area contributed by atoms with E-state index >= 15 is 0 Å². The number of anilines is 1. The Kier molecular flexibility index (Phi) is 4.37. The molecule has 1 atom stereocenters. The first kappa shape index (κ1) is 14.5. The van der Waals surface area contributed by atoms with E-state index in [4.69, 9.17) is 0 Å². The predicted octanol–water partition coefficient (Wildman–Crippen LogP) is 2.63. The number of rotatable bonds is 3. The van der Waals surface area contributed by atoms with Gasteiger partial charge in [-0.05, 0) is 32.4 Å². The molecule has 108 valence electrons. The molecule has 1 aromatic rings. The van der Waals surface area contributed by atoms with E-state index in [2.05, 4.69) is 5.32 Å². The van der Waals surface area contributed by atoms with Crippen LogP contribution >= 0.6 is 0 Å². The van der Waals surface area contributed by atoms with Crippen molar-refractivity contribution in [1.82, 2.24) is 5.32 Å². The summed E-state index contributed by atoms with van der Waals surface area (Å²) in [5, 5.41) is 2.85. The van der Waals surface area contributed by atoms with Crippen molar-refractivity contribution >= 4 is 11.6 Å². The molecule has 0 spiro atoms. The van der Waals surface area contributed by atoms with Crippen LogP contribution in [0.15, 0.2) is 29.8 Å². The van der Waals surface area contributed by atoms with Crippen LogP contribution in [-0.2, 0) is 4.79 Å². The van der Waals surface area contributed by atoms with Gasteiger partial charge in [0.25, 0.3) is 0 Å². The van der Waals surface area contributed by atoms with Crippen molar-refractivity contribution in [3.05, 3.63) is 41.5 Å². The molecule has 1 saturated heterocycles. The number of carbonyl (C=O) groups is 1. The fourth-order valence-electron chi connectivity index (χ4n) is 2.38. The van der Waals surface area contributed by atoms with E-state index in [1.807, 2.05) is 13.8 Å². The number of carbonyl (C=O) groups excluding carboxylic acids is 1. The van der Waals surface area contributed by atoms with Crippen molar-refractivity contribution in [2.45, 2.75) is 26.3 Å². The normalized spacial score (nSPS) is 18.0. The highest BCUT2D eigenvalue weighted by molar-refractivity contribution is 5.88. The highest BCUT2D eigenvalue weighted by atomic mass is 19.1. The van der Waals surface area contributed by atoms with Gasteiger partial charge in [0.15, 0.2) is 0 Å². The number of para-hydroxylation sites is 1. The van der Waals surface area contributed by atoms with Crippen LogP contribution in [0, 0.1) is 11.6 Å². The number of hydrogen-bond acceptors (Lipinski definition) is 2. The largest absolute Gasteiger partial charge is 0.365 e. The average molecular weight is 280 g/mol. The van der Waals surface area contributed by atoms with Crippen LogP contribution < -0.4 is 10.2 Å². The minimum atomic E-state index is -0.568. The van der Waals surface area contributed by atoms with E-state index < -0.39 is 11.6 Å². The second kappa shape index (κ2) is 6.03. The summed E-state index contributed by atoms with van der Waals surface area (Å²) in [5.74, 6) is -1.30. The molecule has 0 aromatic heterocycles. The monoisotopic (exact) mass is 280 g/mol. The molecule has 1 N–H and O–H groups in total. The summed E-state index contributed by atoms with van der Waals surface area (Å²) in [5.41, 5.74) is 0.906. The molecule has 1 aromatic carbocycles. The minimum absolute atomic E-state index is 0.00790. The first-order chi connectivity index (χ1) is 9.47.